The highest BCUT2D eigenvalue weighted by atomic mass is 35.5. The van der Waals surface area contributed by atoms with E-state index in [4.69, 9.17) is 16.6 Å². The van der Waals surface area contributed by atoms with Crippen LogP contribution in [0.1, 0.15) is 63.3 Å². The van der Waals surface area contributed by atoms with E-state index in [1.165, 1.54) is 64.5 Å². The summed E-state index contributed by atoms with van der Waals surface area (Å²) in [4.78, 5) is 17.2. The standard InChI is InChI=1S/C20H28ClN5S/c1-2-15-23-16-17(24-19(21)25-18(16)27-15)22-13-3-5-14(6-4-13)26-11-9-20(7-8-20)10-12-26/h13-14H,2-12H2,1H3,(H,22,24,25)/t13-,14-. The molecular formula is C20H28ClN5S. The van der Waals surface area contributed by atoms with Gasteiger partial charge >= 0.3 is 0 Å². The van der Waals surface area contributed by atoms with Gasteiger partial charge in [-0.15, -0.1) is 0 Å². The van der Waals surface area contributed by atoms with Crippen molar-refractivity contribution < 1.29 is 0 Å². The Balaban J connectivity index is 1.22. The van der Waals surface area contributed by atoms with E-state index >= 15 is 0 Å². The van der Waals surface area contributed by atoms with Crippen LogP contribution in [-0.2, 0) is 6.42 Å². The summed E-state index contributed by atoms with van der Waals surface area (Å²) in [5.41, 5.74) is 1.66. The maximum absolute atomic E-state index is 6.16. The molecule has 5 nitrogen and oxygen atoms in total. The second-order valence-corrected chi connectivity index (χ2v) is 10.0. The minimum Gasteiger partial charge on any atom is -0.365 e. The Morgan fingerprint density at radius 1 is 1.07 bits per heavy atom. The van der Waals surface area contributed by atoms with Gasteiger partial charge in [0.1, 0.15) is 5.52 Å². The fourth-order valence-electron chi connectivity index (χ4n) is 4.91. The number of aromatic nitrogens is 3. The van der Waals surface area contributed by atoms with Gasteiger partial charge in [0.25, 0.3) is 0 Å². The van der Waals surface area contributed by atoms with Gasteiger partial charge in [0, 0.05) is 12.1 Å². The van der Waals surface area contributed by atoms with Crippen molar-refractivity contribution in [2.45, 2.75) is 76.8 Å². The highest BCUT2D eigenvalue weighted by Gasteiger charge is 2.45. The first-order valence-corrected chi connectivity index (χ1v) is 11.7. The summed E-state index contributed by atoms with van der Waals surface area (Å²) in [5.74, 6) is 0.818. The molecule has 5 rings (SSSR count). The Hall–Kier alpha value is -0.980. The number of rotatable bonds is 4. The molecule has 1 aliphatic heterocycles. The average Bonchev–Trinajstić information content (AvgIpc) is 3.29. The molecule has 2 saturated carbocycles. The van der Waals surface area contributed by atoms with Crippen LogP contribution in [0.25, 0.3) is 10.3 Å². The summed E-state index contributed by atoms with van der Waals surface area (Å²) in [5, 5.41) is 5.04. The van der Waals surface area contributed by atoms with Crippen LogP contribution in [0, 0.1) is 5.41 Å². The molecular weight excluding hydrogens is 378 g/mol. The van der Waals surface area contributed by atoms with Gasteiger partial charge in [0.15, 0.2) is 10.6 Å². The maximum Gasteiger partial charge on any atom is 0.225 e. The molecule has 1 N–H and O–H groups in total. The van der Waals surface area contributed by atoms with Gasteiger partial charge in [-0.1, -0.05) is 18.3 Å². The summed E-state index contributed by atoms with van der Waals surface area (Å²) < 4.78 is 0. The Morgan fingerprint density at radius 3 is 2.48 bits per heavy atom. The third-order valence-corrected chi connectivity index (χ3v) is 8.21. The first-order valence-electron chi connectivity index (χ1n) is 10.5. The van der Waals surface area contributed by atoms with Crippen LogP contribution in [0.2, 0.25) is 5.28 Å². The summed E-state index contributed by atoms with van der Waals surface area (Å²) in [6.45, 7) is 4.76. The number of thiazole rings is 1. The normalized spacial score (nSPS) is 27.9. The second-order valence-electron chi connectivity index (χ2n) is 8.64. The van der Waals surface area contributed by atoms with E-state index in [2.05, 4.69) is 27.1 Å². The van der Waals surface area contributed by atoms with Gasteiger partial charge in [-0.05, 0) is 87.9 Å². The van der Waals surface area contributed by atoms with E-state index in [-0.39, 0.29) is 0 Å². The molecule has 7 heteroatoms. The minimum atomic E-state index is 0.312. The lowest BCUT2D eigenvalue weighted by molar-refractivity contribution is 0.0975. The fraction of sp³-hybridized carbons (Fsp3) is 0.750. The number of aryl methyl sites for hydroxylation is 1. The molecule has 3 heterocycles. The van der Waals surface area contributed by atoms with Crippen LogP contribution in [0.15, 0.2) is 0 Å². The first kappa shape index (κ1) is 18.1. The maximum atomic E-state index is 6.16. The van der Waals surface area contributed by atoms with Crippen molar-refractivity contribution in [2.75, 3.05) is 18.4 Å². The average molecular weight is 406 g/mol. The number of likely N-dealkylation sites (tertiary alicyclic amines) is 1. The summed E-state index contributed by atoms with van der Waals surface area (Å²) in [6, 6.07) is 1.24. The van der Waals surface area contributed by atoms with Crippen molar-refractivity contribution in [2.24, 2.45) is 5.41 Å². The largest absolute Gasteiger partial charge is 0.365 e. The van der Waals surface area contributed by atoms with Gasteiger partial charge in [0.05, 0.1) is 5.01 Å². The quantitative estimate of drug-likeness (QED) is 0.733. The SMILES string of the molecule is CCc1nc2c(N[C@H]3CC[C@H](N4CCC5(CC4)CC5)CC3)nc(Cl)nc2s1. The molecule has 3 aliphatic rings. The van der Waals surface area contributed by atoms with Crippen molar-refractivity contribution >= 4 is 39.1 Å². The molecule has 0 aromatic carbocycles. The Kier molecular flexibility index (Phi) is 4.77. The molecule has 1 saturated heterocycles. The molecule has 1 spiro atoms. The molecule has 2 aromatic rings. The number of hydrogen-bond acceptors (Lipinski definition) is 6. The number of halogens is 1. The Morgan fingerprint density at radius 2 is 1.81 bits per heavy atom. The van der Waals surface area contributed by atoms with Crippen LogP contribution < -0.4 is 5.32 Å². The van der Waals surface area contributed by atoms with Crippen LogP contribution in [0.3, 0.4) is 0 Å². The van der Waals surface area contributed by atoms with Crippen molar-refractivity contribution in [1.29, 1.82) is 0 Å². The van der Waals surface area contributed by atoms with E-state index in [0.29, 0.717) is 11.3 Å². The zero-order chi connectivity index (χ0) is 18.4. The van der Waals surface area contributed by atoms with Gasteiger partial charge in [0.2, 0.25) is 5.28 Å². The van der Waals surface area contributed by atoms with Crippen molar-refractivity contribution in [3.63, 3.8) is 0 Å². The third kappa shape index (κ3) is 3.68. The Labute approximate surface area is 169 Å². The molecule has 3 fully saturated rings. The van der Waals surface area contributed by atoms with Crippen LogP contribution in [0.5, 0.6) is 0 Å². The number of nitrogens with zero attached hydrogens (tertiary/aromatic N) is 4. The molecule has 0 amide bonds. The smallest absolute Gasteiger partial charge is 0.225 e. The van der Waals surface area contributed by atoms with Crippen LogP contribution >= 0.6 is 22.9 Å². The second kappa shape index (κ2) is 7.12. The zero-order valence-electron chi connectivity index (χ0n) is 16.0. The molecule has 0 bridgehead atoms. The number of fused-ring (bicyclic) bond motifs is 1. The predicted molar refractivity (Wildman–Crippen MR) is 112 cm³/mol. The number of hydrogen-bond donors (Lipinski definition) is 1. The van der Waals surface area contributed by atoms with Crippen LogP contribution in [-0.4, -0.2) is 45.0 Å². The molecule has 2 aromatic heterocycles. The van der Waals surface area contributed by atoms with E-state index in [1.807, 2.05) is 0 Å². The number of nitrogens with one attached hydrogen (secondary N) is 1. The third-order valence-electron chi connectivity index (χ3n) is 6.95. The van der Waals surface area contributed by atoms with Crippen LogP contribution in [0.4, 0.5) is 5.82 Å². The number of piperidine rings is 1. The van der Waals surface area contributed by atoms with E-state index in [0.717, 1.165) is 39.1 Å². The minimum absolute atomic E-state index is 0.312. The van der Waals surface area contributed by atoms with Crippen molar-refractivity contribution in [3.8, 4) is 0 Å². The molecule has 0 radical (unpaired) electrons. The van der Waals surface area contributed by atoms with Gasteiger partial charge in [-0.3, -0.25) is 0 Å². The highest BCUT2D eigenvalue weighted by Crippen LogP contribution is 2.54. The fourth-order valence-corrected chi connectivity index (χ4v) is 6.00. The van der Waals surface area contributed by atoms with Gasteiger partial charge in [-0.2, -0.15) is 4.98 Å². The summed E-state index contributed by atoms with van der Waals surface area (Å²) in [6.07, 6.45) is 11.7. The van der Waals surface area contributed by atoms with Gasteiger partial charge < -0.3 is 10.2 Å². The zero-order valence-corrected chi connectivity index (χ0v) is 17.6. The summed E-state index contributed by atoms with van der Waals surface area (Å²) in [7, 11) is 0. The lowest BCUT2D eigenvalue weighted by Gasteiger charge is -2.41. The molecule has 2 aliphatic carbocycles. The monoisotopic (exact) mass is 405 g/mol. The van der Waals surface area contributed by atoms with Gasteiger partial charge in [-0.25, -0.2) is 9.97 Å². The van der Waals surface area contributed by atoms with Crippen molar-refractivity contribution in [3.05, 3.63) is 10.3 Å². The molecule has 0 unspecified atom stereocenters. The molecule has 27 heavy (non-hydrogen) atoms. The van der Waals surface area contributed by atoms with Crippen molar-refractivity contribution in [1.82, 2.24) is 19.9 Å². The lowest BCUT2D eigenvalue weighted by Crippen LogP contribution is -2.45. The Bertz CT molecular complexity index is 815. The van der Waals surface area contributed by atoms with E-state index in [1.54, 1.807) is 11.3 Å². The van der Waals surface area contributed by atoms with E-state index < -0.39 is 0 Å². The molecule has 0 atom stereocenters. The highest BCUT2D eigenvalue weighted by molar-refractivity contribution is 7.18. The summed E-state index contributed by atoms with van der Waals surface area (Å²) >= 11 is 7.78. The predicted octanol–water partition coefficient (Wildman–Crippen LogP) is 4.90. The molecule has 146 valence electrons. The van der Waals surface area contributed by atoms with E-state index in [9.17, 15) is 0 Å². The topological polar surface area (TPSA) is 53.9 Å². The lowest BCUT2D eigenvalue weighted by atomic mass is 9.87. The first-order chi connectivity index (χ1) is 13.1. The number of anilines is 1.